The fourth-order valence-corrected chi connectivity index (χ4v) is 3.86. The van der Waals surface area contributed by atoms with Gasteiger partial charge in [-0.3, -0.25) is 5.10 Å². The quantitative estimate of drug-likeness (QED) is 0.796. The molecule has 6 nitrogen and oxygen atoms in total. The number of nitrogens with zero attached hydrogens (tertiary/aromatic N) is 2. The first kappa shape index (κ1) is 16.6. The van der Waals surface area contributed by atoms with Crippen molar-refractivity contribution >= 4 is 17.4 Å². The SMILES string of the molecule is O=C(NCc1cc(C2CC2)n[nH]1)N(Cc1ccsc1)C[C@@H]1CCCO1. The van der Waals surface area contributed by atoms with Crippen molar-refractivity contribution in [1.29, 1.82) is 0 Å². The molecular weight excluding hydrogens is 336 g/mol. The Morgan fingerprint density at radius 1 is 1.44 bits per heavy atom. The average Bonchev–Trinajstić information content (AvgIpc) is 3.05. The minimum atomic E-state index is -0.0516. The van der Waals surface area contributed by atoms with Crippen LogP contribution in [0.1, 0.15) is 48.6 Å². The van der Waals surface area contributed by atoms with Crippen LogP contribution in [0, 0.1) is 0 Å². The number of urea groups is 1. The number of aromatic amines is 1. The number of hydrogen-bond acceptors (Lipinski definition) is 4. The molecule has 2 fully saturated rings. The molecule has 0 radical (unpaired) electrons. The average molecular weight is 360 g/mol. The van der Waals surface area contributed by atoms with Crippen LogP contribution in [-0.4, -0.2) is 40.4 Å². The van der Waals surface area contributed by atoms with E-state index in [9.17, 15) is 4.79 Å². The van der Waals surface area contributed by atoms with Crippen LogP contribution in [0.25, 0.3) is 0 Å². The lowest BCUT2D eigenvalue weighted by Gasteiger charge is -2.25. The lowest BCUT2D eigenvalue weighted by atomic mass is 10.2. The van der Waals surface area contributed by atoms with E-state index < -0.39 is 0 Å². The predicted octanol–water partition coefficient (Wildman–Crippen LogP) is 3.24. The van der Waals surface area contributed by atoms with Gasteiger partial charge in [-0.15, -0.1) is 0 Å². The summed E-state index contributed by atoms with van der Waals surface area (Å²) in [7, 11) is 0. The summed E-state index contributed by atoms with van der Waals surface area (Å²) in [4.78, 5) is 14.6. The molecule has 1 atom stereocenters. The van der Waals surface area contributed by atoms with E-state index >= 15 is 0 Å². The van der Waals surface area contributed by atoms with E-state index in [0.717, 1.165) is 36.4 Å². The highest BCUT2D eigenvalue weighted by molar-refractivity contribution is 7.07. The van der Waals surface area contributed by atoms with Crippen LogP contribution in [-0.2, 0) is 17.8 Å². The molecule has 4 rings (SSSR count). The van der Waals surface area contributed by atoms with Crippen molar-refractivity contribution in [2.24, 2.45) is 0 Å². The van der Waals surface area contributed by atoms with Crippen molar-refractivity contribution in [3.05, 3.63) is 39.8 Å². The third-order valence-electron chi connectivity index (χ3n) is 4.77. The molecule has 1 aliphatic carbocycles. The summed E-state index contributed by atoms with van der Waals surface area (Å²) >= 11 is 1.65. The van der Waals surface area contributed by atoms with E-state index in [2.05, 4.69) is 33.0 Å². The summed E-state index contributed by atoms with van der Waals surface area (Å²) in [6.45, 7) is 2.53. The van der Waals surface area contributed by atoms with Gasteiger partial charge in [-0.05, 0) is 54.1 Å². The van der Waals surface area contributed by atoms with E-state index in [1.807, 2.05) is 10.3 Å². The second-order valence-electron chi connectivity index (χ2n) is 6.90. The molecule has 3 heterocycles. The molecule has 0 spiro atoms. The number of nitrogens with one attached hydrogen (secondary N) is 2. The number of ether oxygens (including phenoxy) is 1. The van der Waals surface area contributed by atoms with Crippen molar-refractivity contribution in [3.63, 3.8) is 0 Å². The number of amides is 2. The zero-order chi connectivity index (χ0) is 17.1. The van der Waals surface area contributed by atoms with Gasteiger partial charge in [-0.1, -0.05) is 0 Å². The Labute approximate surface area is 151 Å². The summed E-state index contributed by atoms with van der Waals surface area (Å²) in [5.74, 6) is 0.621. The molecule has 25 heavy (non-hydrogen) atoms. The molecule has 0 aromatic carbocycles. The van der Waals surface area contributed by atoms with Gasteiger partial charge < -0.3 is 15.0 Å². The van der Waals surface area contributed by atoms with Gasteiger partial charge in [0.05, 0.1) is 24.0 Å². The van der Waals surface area contributed by atoms with Crippen LogP contribution < -0.4 is 5.32 Å². The van der Waals surface area contributed by atoms with Crippen LogP contribution in [0.15, 0.2) is 22.9 Å². The number of rotatable bonds is 7. The standard InChI is InChI=1S/C18H24N4O2S/c23-18(19-9-15-8-17(21-20-15)14-3-4-14)22(10-13-5-7-25-12-13)11-16-2-1-6-24-16/h5,7-8,12,14,16H,1-4,6,9-11H2,(H,19,23)(H,20,21)/t16-/m0/s1. The molecule has 2 amide bonds. The van der Waals surface area contributed by atoms with E-state index in [4.69, 9.17) is 4.74 Å². The summed E-state index contributed by atoms with van der Waals surface area (Å²) in [6, 6.07) is 4.09. The van der Waals surface area contributed by atoms with Crippen molar-refractivity contribution in [1.82, 2.24) is 20.4 Å². The van der Waals surface area contributed by atoms with Crippen molar-refractivity contribution in [2.45, 2.75) is 50.8 Å². The maximum atomic E-state index is 12.7. The van der Waals surface area contributed by atoms with Gasteiger partial charge in [0, 0.05) is 25.6 Å². The molecule has 7 heteroatoms. The van der Waals surface area contributed by atoms with Crippen molar-refractivity contribution in [3.8, 4) is 0 Å². The third kappa shape index (κ3) is 4.41. The van der Waals surface area contributed by atoms with E-state index in [-0.39, 0.29) is 12.1 Å². The maximum Gasteiger partial charge on any atom is 0.318 e. The fourth-order valence-electron chi connectivity index (χ4n) is 3.20. The van der Waals surface area contributed by atoms with Gasteiger partial charge in [-0.2, -0.15) is 16.4 Å². The fraction of sp³-hybridized carbons (Fsp3) is 0.556. The zero-order valence-corrected chi connectivity index (χ0v) is 15.1. The smallest absolute Gasteiger partial charge is 0.318 e. The molecule has 0 unspecified atom stereocenters. The Kier molecular flexibility index (Phi) is 5.03. The predicted molar refractivity (Wildman–Crippen MR) is 96.5 cm³/mol. The monoisotopic (exact) mass is 360 g/mol. The van der Waals surface area contributed by atoms with Gasteiger partial charge in [0.1, 0.15) is 0 Å². The first-order chi connectivity index (χ1) is 12.3. The molecule has 2 aromatic rings. The number of hydrogen-bond donors (Lipinski definition) is 2. The summed E-state index contributed by atoms with van der Waals surface area (Å²) in [5, 5.41) is 14.5. The Morgan fingerprint density at radius 2 is 2.36 bits per heavy atom. The largest absolute Gasteiger partial charge is 0.376 e. The van der Waals surface area contributed by atoms with Gasteiger partial charge in [0.15, 0.2) is 0 Å². The van der Waals surface area contributed by atoms with Gasteiger partial charge >= 0.3 is 6.03 Å². The van der Waals surface area contributed by atoms with Crippen LogP contribution in [0.4, 0.5) is 4.79 Å². The second-order valence-corrected chi connectivity index (χ2v) is 7.68. The third-order valence-corrected chi connectivity index (χ3v) is 5.50. The molecule has 134 valence electrons. The van der Waals surface area contributed by atoms with Crippen LogP contribution in [0.3, 0.4) is 0 Å². The number of aromatic nitrogens is 2. The Hall–Kier alpha value is -1.86. The Balaban J connectivity index is 1.35. The summed E-state index contributed by atoms with van der Waals surface area (Å²) in [5.41, 5.74) is 3.25. The molecule has 2 aromatic heterocycles. The number of carbonyl (C=O) groups is 1. The molecule has 1 saturated carbocycles. The van der Waals surface area contributed by atoms with Gasteiger partial charge in [0.2, 0.25) is 0 Å². The molecule has 1 saturated heterocycles. The van der Waals surface area contributed by atoms with E-state index in [1.54, 1.807) is 11.3 Å². The number of carbonyl (C=O) groups excluding carboxylic acids is 1. The highest BCUT2D eigenvalue weighted by Crippen LogP contribution is 2.38. The molecule has 1 aliphatic heterocycles. The van der Waals surface area contributed by atoms with Crippen molar-refractivity contribution < 1.29 is 9.53 Å². The minimum Gasteiger partial charge on any atom is -0.376 e. The van der Waals surface area contributed by atoms with E-state index in [0.29, 0.717) is 25.6 Å². The maximum absolute atomic E-state index is 12.7. The van der Waals surface area contributed by atoms with Gasteiger partial charge in [0.25, 0.3) is 0 Å². The Bertz CT molecular complexity index is 690. The second kappa shape index (κ2) is 7.58. The van der Waals surface area contributed by atoms with E-state index in [1.165, 1.54) is 12.8 Å². The molecule has 2 N–H and O–H groups in total. The van der Waals surface area contributed by atoms with Gasteiger partial charge in [-0.25, -0.2) is 4.79 Å². The highest BCUT2D eigenvalue weighted by Gasteiger charge is 2.26. The zero-order valence-electron chi connectivity index (χ0n) is 14.2. The topological polar surface area (TPSA) is 70.2 Å². The normalized spacial score (nSPS) is 19.9. The molecule has 2 aliphatic rings. The number of thiophene rings is 1. The first-order valence-electron chi connectivity index (χ1n) is 8.97. The number of H-pyrrole nitrogens is 1. The summed E-state index contributed by atoms with van der Waals surface area (Å²) < 4.78 is 5.72. The molecule has 0 bridgehead atoms. The minimum absolute atomic E-state index is 0.0516. The van der Waals surface area contributed by atoms with Crippen LogP contribution in [0.2, 0.25) is 0 Å². The lowest BCUT2D eigenvalue weighted by Crippen LogP contribution is -2.43. The van der Waals surface area contributed by atoms with Crippen molar-refractivity contribution in [2.75, 3.05) is 13.2 Å². The highest BCUT2D eigenvalue weighted by atomic mass is 32.1. The molecular formula is C18H24N4O2S. The summed E-state index contributed by atoms with van der Waals surface area (Å²) in [6.07, 6.45) is 4.71. The lowest BCUT2D eigenvalue weighted by molar-refractivity contribution is 0.0794. The van der Waals surface area contributed by atoms with Crippen LogP contribution >= 0.6 is 11.3 Å². The Morgan fingerprint density at radius 3 is 3.08 bits per heavy atom. The first-order valence-corrected chi connectivity index (χ1v) is 9.92. The van der Waals surface area contributed by atoms with Crippen LogP contribution in [0.5, 0.6) is 0 Å².